The zero-order valence-corrected chi connectivity index (χ0v) is 16.6. The summed E-state index contributed by atoms with van der Waals surface area (Å²) in [6.07, 6.45) is -10.7. The first-order valence-corrected chi connectivity index (χ1v) is 8.90. The lowest BCUT2D eigenvalue weighted by atomic mass is 9.48. The van der Waals surface area contributed by atoms with E-state index in [1.165, 1.54) is 0 Å². The molecule has 1 heterocycles. The fraction of sp³-hybridized carbons (Fsp3) is 0.167. The van der Waals surface area contributed by atoms with Crippen molar-refractivity contribution in [1.82, 2.24) is 14.8 Å². The summed E-state index contributed by atoms with van der Waals surface area (Å²) in [4.78, 5) is 16.6. The summed E-state index contributed by atoms with van der Waals surface area (Å²) in [5.74, 6) is -2.11. The Morgan fingerprint density at radius 2 is 1.59 bits per heavy atom. The van der Waals surface area contributed by atoms with Gasteiger partial charge in [-0.3, -0.25) is 4.90 Å². The van der Waals surface area contributed by atoms with Crippen LogP contribution in [0.3, 0.4) is 0 Å². The Morgan fingerprint density at radius 3 is 2.06 bits per heavy atom. The third-order valence-corrected chi connectivity index (χ3v) is 4.21. The number of amides is 1. The van der Waals surface area contributed by atoms with Crippen LogP contribution in [0.1, 0.15) is 11.1 Å². The van der Waals surface area contributed by atoms with Crippen molar-refractivity contribution in [3.05, 3.63) is 66.0 Å². The van der Waals surface area contributed by atoms with Gasteiger partial charge in [-0.15, -0.1) is 0 Å². The summed E-state index contributed by atoms with van der Waals surface area (Å²) >= 11 is 0. The smallest absolute Gasteiger partial charge is 0.407 e. The fourth-order valence-electron chi connectivity index (χ4n) is 2.81. The molecule has 0 aliphatic heterocycles. The molecule has 0 spiro atoms. The van der Waals surface area contributed by atoms with E-state index in [9.17, 15) is 35.5 Å². The van der Waals surface area contributed by atoms with Gasteiger partial charge in [-0.05, 0) is 36.4 Å². The Balaban J connectivity index is 2.21. The molecule has 0 bridgehead atoms. The fourth-order valence-corrected chi connectivity index (χ4v) is 2.81. The molecule has 0 aliphatic rings. The predicted octanol–water partition coefficient (Wildman–Crippen LogP) is 3.57. The molecule has 6 radical (unpaired) electrons. The number of benzene rings is 2. The first-order valence-electron chi connectivity index (χ1n) is 8.90. The molecule has 0 fully saturated rings. The molecule has 0 N–H and O–H groups in total. The second-order valence-corrected chi connectivity index (χ2v) is 6.77. The van der Waals surface area contributed by atoms with Crippen molar-refractivity contribution in [2.24, 2.45) is 0 Å². The summed E-state index contributed by atoms with van der Waals surface area (Å²) < 4.78 is 99.8. The maximum Gasteiger partial charge on any atom is 0.420 e. The van der Waals surface area contributed by atoms with E-state index in [2.05, 4.69) is 10.1 Å². The van der Waals surface area contributed by atoms with Crippen molar-refractivity contribution in [2.45, 2.75) is 17.6 Å². The normalized spacial score (nSPS) is 12.4. The van der Waals surface area contributed by atoms with Crippen LogP contribution < -0.4 is 9.64 Å². The maximum absolute atomic E-state index is 13.8. The molecule has 6 nitrogen and oxygen atoms in total. The molecule has 34 heavy (non-hydrogen) atoms. The highest BCUT2D eigenvalue weighted by Gasteiger charge is 2.42. The maximum atomic E-state index is 13.8. The minimum Gasteiger partial charge on any atom is -0.407 e. The number of carbonyl (C=O) groups excluding carboxylic acids is 1. The number of halogens is 7. The number of alkyl halides is 6. The highest BCUT2D eigenvalue weighted by Crippen LogP contribution is 2.44. The van der Waals surface area contributed by atoms with Gasteiger partial charge in [0.2, 0.25) is 0 Å². The van der Waals surface area contributed by atoms with Crippen LogP contribution in [-0.4, -0.2) is 49.6 Å². The van der Waals surface area contributed by atoms with Crippen molar-refractivity contribution in [3.63, 3.8) is 0 Å². The Labute approximate surface area is 190 Å². The highest BCUT2D eigenvalue weighted by atomic mass is 19.4. The van der Waals surface area contributed by atoms with E-state index < -0.39 is 52.1 Å². The summed E-state index contributed by atoms with van der Waals surface area (Å²) in [6.45, 7) is 0. The average molecular weight is 478 g/mol. The van der Waals surface area contributed by atoms with E-state index in [1.54, 1.807) is 0 Å². The van der Waals surface area contributed by atoms with E-state index in [0.29, 0.717) is 4.68 Å². The Hall–Kier alpha value is -3.45. The first kappa shape index (κ1) is 25.2. The lowest BCUT2D eigenvalue weighted by Gasteiger charge is -2.36. The van der Waals surface area contributed by atoms with Crippen molar-refractivity contribution in [2.75, 3.05) is 4.90 Å². The summed E-state index contributed by atoms with van der Waals surface area (Å²) in [5.41, 5.74) is -4.88. The van der Waals surface area contributed by atoms with Crippen molar-refractivity contribution < 1.29 is 40.3 Å². The minimum atomic E-state index is -5.42. The number of hydrogen-bond donors (Lipinski definition) is 0. The molecule has 0 saturated heterocycles. The SMILES string of the molecule is [B]C([B])([B])N(C(=O)Oc1c(-n2cncn2)cc(C(F)(F)F)cc1C(F)(F)F)c1ccc(F)cc1. The molecule has 1 aromatic heterocycles. The van der Waals surface area contributed by atoms with Crippen LogP contribution in [0.2, 0.25) is 0 Å². The van der Waals surface area contributed by atoms with Gasteiger partial charge >= 0.3 is 18.4 Å². The monoisotopic (exact) mass is 478 g/mol. The summed E-state index contributed by atoms with van der Waals surface area (Å²) in [5, 5.41) is 0.936. The molecule has 0 saturated carbocycles. The Kier molecular flexibility index (Phi) is 6.46. The molecular formula is C18H8B3F7N4O2. The van der Waals surface area contributed by atoms with Crippen molar-refractivity contribution >= 4 is 35.3 Å². The average Bonchev–Trinajstić information content (AvgIpc) is 3.21. The number of hydrogen-bond acceptors (Lipinski definition) is 4. The van der Waals surface area contributed by atoms with Crippen LogP contribution in [0.4, 0.5) is 41.2 Å². The Morgan fingerprint density at radius 1 is 0.971 bits per heavy atom. The van der Waals surface area contributed by atoms with Crippen molar-refractivity contribution in [1.29, 1.82) is 0 Å². The van der Waals surface area contributed by atoms with Gasteiger partial charge in [0.1, 0.15) is 29.7 Å². The largest absolute Gasteiger partial charge is 0.420 e. The van der Waals surface area contributed by atoms with Gasteiger partial charge in [0.25, 0.3) is 0 Å². The van der Waals surface area contributed by atoms with E-state index in [1.807, 2.05) is 0 Å². The van der Waals surface area contributed by atoms with Crippen molar-refractivity contribution in [3.8, 4) is 11.4 Å². The van der Waals surface area contributed by atoms with Crippen LogP contribution >= 0.6 is 0 Å². The number of carbonyl (C=O) groups is 1. The van der Waals surface area contributed by atoms with E-state index in [4.69, 9.17) is 28.3 Å². The molecule has 16 heteroatoms. The quantitative estimate of drug-likeness (QED) is 0.426. The molecule has 0 unspecified atom stereocenters. The third kappa shape index (κ3) is 5.37. The van der Waals surface area contributed by atoms with Crippen LogP contribution in [0.25, 0.3) is 5.69 Å². The molecule has 1 amide bonds. The third-order valence-electron chi connectivity index (χ3n) is 4.21. The van der Waals surface area contributed by atoms with Crippen LogP contribution in [-0.2, 0) is 12.4 Å². The number of nitrogens with zero attached hydrogens (tertiary/aromatic N) is 4. The topological polar surface area (TPSA) is 60.2 Å². The second kappa shape index (κ2) is 8.72. The second-order valence-electron chi connectivity index (χ2n) is 6.77. The number of ether oxygens (including phenoxy) is 1. The Bertz CT molecular complexity index is 1180. The number of aromatic nitrogens is 3. The molecule has 0 aliphatic carbocycles. The summed E-state index contributed by atoms with van der Waals surface area (Å²) in [6, 6.07) is 3.69. The van der Waals surface area contributed by atoms with E-state index in [-0.39, 0.29) is 22.7 Å². The van der Waals surface area contributed by atoms with E-state index >= 15 is 0 Å². The van der Waals surface area contributed by atoms with Gasteiger partial charge in [-0.2, -0.15) is 31.4 Å². The molecule has 170 valence electrons. The summed E-state index contributed by atoms with van der Waals surface area (Å²) in [7, 11) is 16.6. The van der Waals surface area contributed by atoms with Gasteiger partial charge in [0.15, 0.2) is 5.75 Å². The van der Waals surface area contributed by atoms with Gasteiger partial charge in [0.05, 0.1) is 29.1 Å². The minimum absolute atomic E-state index is 0.244. The zero-order valence-electron chi connectivity index (χ0n) is 16.6. The molecular weight excluding hydrogens is 470 g/mol. The predicted molar refractivity (Wildman–Crippen MR) is 106 cm³/mol. The van der Waals surface area contributed by atoms with E-state index in [0.717, 1.165) is 36.9 Å². The lowest BCUT2D eigenvalue weighted by Crippen LogP contribution is -2.55. The van der Waals surface area contributed by atoms with Gasteiger partial charge in [-0.25, -0.2) is 18.9 Å². The first-order chi connectivity index (χ1) is 15.6. The highest BCUT2D eigenvalue weighted by molar-refractivity contribution is 6.62. The lowest BCUT2D eigenvalue weighted by molar-refractivity contribution is -0.143. The number of anilines is 1. The molecule has 0 atom stereocenters. The van der Waals surface area contributed by atoms with Gasteiger partial charge < -0.3 is 4.74 Å². The van der Waals surface area contributed by atoms with Crippen LogP contribution in [0, 0.1) is 5.82 Å². The van der Waals surface area contributed by atoms with Crippen LogP contribution in [0.5, 0.6) is 5.75 Å². The van der Waals surface area contributed by atoms with Gasteiger partial charge in [-0.1, -0.05) is 5.24 Å². The zero-order chi connectivity index (χ0) is 25.5. The number of rotatable bonds is 4. The van der Waals surface area contributed by atoms with Crippen LogP contribution in [0.15, 0.2) is 49.1 Å². The van der Waals surface area contributed by atoms with Gasteiger partial charge in [0, 0.05) is 5.69 Å². The molecule has 3 aromatic rings. The standard InChI is InChI=1S/C18H8B3F7N4O2/c19-18(20,21)32(11-3-1-10(22)2-4-11)15(33)34-14-12(17(26,27)28)5-9(16(23,24)25)6-13(14)31-8-29-7-30-31/h1-8H. The molecule has 2 aromatic carbocycles. The molecule has 3 rings (SSSR count).